The van der Waals surface area contributed by atoms with Gasteiger partial charge in [0.25, 0.3) is 5.91 Å². The number of benzene rings is 3. The van der Waals surface area contributed by atoms with Crippen LogP contribution in [-0.2, 0) is 19.6 Å². The first kappa shape index (κ1) is 21.5. The number of halogens is 1. The highest BCUT2D eigenvalue weighted by Gasteiger charge is 2.27. The zero-order valence-corrected chi connectivity index (χ0v) is 19.3. The van der Waals surface area contributed by atoms with Crippen molar-refractivity contribution in [2.24, 2.45) is 5.92 Å². The molecule has 5 rings (SSSR count). The minimum absolute atomic E-state index is 0.114. The number of nitrogens with zero attached hydrogens (tertiary/aromatic N) is 3. The number of ether oxygens (including phenoxy) is 1. The molecule has 0 atom stereocenters. The Morgan fingerprint density at radius 3 is 2.58 bits per heavy atom. The van der Waals surface area contributed by atoms with Gasteiger partial charge in [0.2, 0.25) is 0 Å². The van der Waals surface area contributed by atoms with Crippen LogP contribution in [0.2, 0.25) is 5.02 Å². The van der Waals surface area contributed by atoms with Gasteiger partial charge >= 0.3 is 0 Å². The average molecular weight is 460 g/mol. The number of hydrogen-bond donors (Lipinski definition) is 0. The molecule has 5 nitrogen and oxygen atoms in total. The summed E-state index contributed by atoms with van der Waals surface area (Å²) in [5.41, 5.74) is 3.63. The fourth-order valence-electron chi connectivity index (χ4n) is 4.19. The number of rotatable bonds is 8. The Morgan fingerprint density at radius 1 is 1.06 bits per heavy atom. The van der Waals surface area contributed by atoms with Gasteiger partial charge in [-0.05, 0) is 54.7 Å². The second-order valence-electron chi connectivity index (χ2n) is 8.56. The van der Waals surface area contributed by atoms with E-state index in [9.17, 15) is 4.79 Å². The molecular weight excluding hydrogens is 434 g/mol. The second-order valence-corrected chi connectivity index (χ2v) is 9.00. The maximum Gasteiger partial charge on any atom is 0.258 e. The number of para-hydroxylation sites is 2. The molecule has 1 heterocycles. The largest absolute Gasteiger partial charge is 0.496 e. The van der Waals surface area contributed by atoms with Gasteiger partial charge in [-0.15, -0.1) is 0 Å². The Kier molecular flexibility index (Phi) is 6.05. The highest BCUT2D eigenvalue weighted by Crippen LogP contribution is 2.33. The van der Waals surface area contributed by atoms with Gasteiger partial charge in [0.15, 0.2) is 0 Å². The molecule has 1 saturated carbocycles. The van der Waals surface area contributed by atoms with Crippen LogP contribution in [0.1, 0.15) is 34.6 Å². The number of aromatic nitrogens is 2. The van der Waals surface area contributed by atoms with E-state index in [4.69, 9.17) is 21.3 Å². The minimum Gasteiger partial charge on any atom is -0.496 e. The molecule has 1 aromatic heterocycles. The monoisotopic (exact) mass is 459 g/mol. The summed E-state index contributed by atoms with van der Waals surface area (Å²) in [5.74, 6) is 1.95. The number of imidazole rings is 1. The van der Waals surface area contributed by atoms with Crippen LogP contribution in [0.4, 0.5) is 0 Å². The average Bonchev–Trinajstić information content (AvgIpc) is 3.60. The molecule has 0 radical (unpaired) electrons. The van der Waals surface area contributed by atoms with Crippen LogP contribution in [0.15, 0.2) is 72.8 Å². The lowest BCUT2D eigenvalue weighted by Gasteiger charge is -2.24. The quantitative estimate of drug-likeness (QED) is 0.327. The van der Waals surface area contributed by atoms with E-state index in [-0.39, 0.29) is 5.91 Å². The van der Waals surface area contributed by atoms with Crippen molar-refractivity contribution < 1.29 is 9.53 Å². The summed E-state index contributed by atoms with van der Waals surface area (Å²) in [5, 5.41) is 0.532. The van der Waals surface area contributed by atoms with Crippen LogP contribution >= 0.6 is 11.6 Å². The summed E-state index contributed by atoms with van der Waals surface area (Å²) in [6.45, 7) is 1.81. The number of fused-ring (bicyclic) bond motifs is 1. The third-order valence-electron chi connectivity index (χ3n) is 6.10. The summed E-state index contributed by atoms with van der Waals surface area (Å²) in [7, 11) is 1.55. The molecular formula is C27H26ClN3O2. The van der Waals surface area contributed by atoms with Crippen LogP contribution < -0.4 is 4.74 Å². The van der Waals surface area contributed by atoms with E-state index in [0.717, 1.165) is 29.0 Å². The zero-order valence-electron chi connectivity index (χ0n) is 18.6. The SMILES string of the molecule is COc1cc(Cl)ccc1C(=O)N(Cc1ccccc1)Cc1nc2ccccc2n1CC1CC1. The van der Waals surface area contributed by atoms with E-state index in [1.54, 1.807) is 25.3 Å². The molecule has 3 aromatic carbocycles. The van der Waals surface area contributed by atoms with Gasteiger partial charge in [-0.25, -0.2) is 4.98 Å². The van der Waals surface area contributed by atoms with E-state index < -0.39 is 0 Å². The number of hydrogen-bond acceptors (Lipinski definition) is 3. The maximum absolute atomic E-state index is 13.8. The molecule has 1 aliphatic rings. The summed E-state index contributed by atoms with van der Waals surface area (Å²) < 4.78 is 7.77. The lowest BCUT2D eigenvalue weighted by atomic mass is 10.1. The highest BCUT2D eigenvalue weighted by atomic mass is 35.5. The molecule has 0 bridgehead atoms. The van der Waals surface area contributed by atoms with Crippen LogP contribution in [0.5, 0.6) is 5.75 Å². The van der Waals surface area contributed by atoms with Crippen molar-refractivity contribution in [1.82, 2.24) is 14.5 Å². The number of methoxy groups -OCH3 is 1. The minimum atomic E-state index is -0.114. The molecule has 4 aromatic rings. The van der Waals surface area contributed by atoms with Gasteiger partial charge < -0.3 is 14.2 Å². The number of amides is 1. The Balaban J connectivity index is 1.53. The van der Waals surface area contributed by atoms with Gasteiger partial charge in [-0.1, -0.05) is 54.1 Å². The summed E-state index contributed by atoms with van der Waals surface area (Å²) in [4.78, 5) is 20.5. The Bertz CT molecular complexity index is 1280. The predicted octanol–water partition coefficient (Wildman–Crippen LogP) is 5.95. The first-order valence-corrected chi connectivity index (χ1v) is 11.6. The molecule has 0 aliphatic heterocycles. The Morgan fingerprint density at radius 2 is 1.82 bits per heavy atom. The maximum atomic E-state index is 13.8. The summed E-state index contributed by atoms with van der Waals surface area (Å²) >= 11 is 6.14. The molecule has 6 heteroatoms. The molecule has 168 valence electrons. The van der Waals surface area contributed by atoms with E-state index in [2.05, 4.69) is 10.6 Å². The lowest BCUT2D eigenvalue weighted by Crippen LogP contribution is -2.31. The summed E-state index contributed by atoms with van der Waals surface area (Å²) in [6, 6.07) is 23.4. The van der Waals surface area contributed by atoms with Crippen LogP contribution in [-0.4, -0.2) is 27.5 Å². The standard InChI is InChI=1S/C27H26ClN3O2/c1-33-25-15-21(28)13-14-22(25)27(32)30(16-19-7-3-2-4-8-19)18-26-29-23-9-5-6-10-24(23)31(26)17-20-11-12-20/h2-10,13-15,20H,11-12,16-18H2,1H3. The van der Waals surface area contributed by atoms with Gasteiger partial charge in [0.05, 0.1) is 30.3 Å². The van der Waals surface area contributed by atoms with E-state index >= 15 is 0 Å². The second kappa shape index (κ2) is 9.28. The number of carbonyl (C=O) groups is 1. The Hall–Kier alpha value is -3.31. The molecule has 1 fully saturated rings. The molecule has 1 amide bonds. The fraction of sp³-hybridized carbons (Fsp3) is 0.259. The molecule has 0 N–H and O–H groups in total. The van der Waals surface area contributed by atoms with Crippen molar-refractivity contribution in [3.05, 3.63) is 94.8 Å². The van der Waals surface area contributed by atoms with Crippen molar-refractivity contribution >= 4 is 28.5 Å². The van der Waals surface area contributed by atoms with Crippen molar-refractivity contribution in [3.8, 4) is 5.75 Å². The normalized spacial score (nSPS) is 13.3. The Labute approximate surface area is 198 Å². The fourth-order valence-corrected chi connectivity index (χ4v) is 4.36. The topological polar surface area (TPSA) is 47.4 Å². The van der Waals surface area contributed by atoms with Crippen molar-refractivity contribution in [2.45, 2.75) is 32.5 Å². The van der Waals surface area contributed by atoms with E-state index in [1.807, 2.05) is 53.4 Å². The third kappa shape index (κ3) is 4.74. The van der Waals surface area contributed by atoms with Crippen LogP contribution in [0.3, 0.4) is 0 Å². The van der Waals surface area contributed by atoms with E-state index in [1.165, 1.54) is 12.8 Å². The molecule has 33 heavy (non-hydrogen) atoms. The van der Waals surface area contributed by atoms with Gasteiger partial charge in [0.1, 0.15) is 11.6 Å². The molecule has 1 aliphatic carbocycles. The van der Waals surface area contributed by atoms with Crippen LogP contribution in [0, 0.1) is 5.92 Å². The molecule has 0 saturated heterocycles. The predicted molar refractivity (Wildman–Crippen MR) is 130 cm³/mol. The molecule has 0 spiro atoms. The zero-order chi connectivity index (χ0) is 22.8. The van der Waals surface area contributed by atoms with Crippen molar-refractivity contribution in [1.29, 1.82) is 0 Å². The van der Waals surface area contributed by atoms with Gasteiger partial charge in [-0.2, -0.15) is 0 Å². The smallest absolute Gasteiger partial charge is 0.258 e. The van der Waals surface area contributed by atoms with Gasteiger partial charge in [-0.3, -0.25) is 4.79 Å². The van der Waals surface area contributed by atoms with Gasteiger partial charge in [0, 0.05) is 18.1 Å². The number of carbonyl (C=O) groups excluding carboxylic acids is 1. The highest BCUT2D eigenvalue weighted by molar-refractivity contribution is 6.30. The van der Waals surface area contributed by atoms with Crippen molar-refractivity contribution in [3.63, 3.8) is 0 Å². The first-order valence-electron chi connectivity index (χ1n) is 11.2. The van der Waals surface area contributed by atoms with Crippen molar-refractivity contribution in [2.75, 3.05) is 7.11 Å². The molecule has 0 unspecified atom stereocenters. The summed E-state index contributed by atoms with van der Waals surface area (Å²) in [6.07, 6.45) is 2.50. The lowest BCUT2D eigenvalue weighted by molar-refractivity contribution is 0.0720. The first-order chi connectivity index (χ1) is 16.1. The van der Waals surface area contributed by atoms with Crippen LogP contribution in [0.25, 0.3) is 11.0 Å². The van der Waals surface area contributed by atoms with E-state index in [0.29, 0.717) is 35.3 Å². The third-order valence-corrected chi connectivity index (χ3v) is 6.34.